The van der Waals surface area contributed by atoms with Crippen LogP contribution in [0, 0.1) is 0 Å². The highest BCUT2D eigenvalue weighted by Gasteiger charge is 2.21. The standard InChI is InChI=1S/C15H23NO2/c1-7-18-14(17)11-8-9-12(15(4,5)6)16-13(11)10(2)3/h8-10H,7H2,1-6H3. The van der Waals surface area contributed by atoms with E-state index in [4.69, 9.17) is 4.74 Å². The number of carbonyl (C=O) groups is 1. The largest absolute Gasteiger partial charge is 0.462 e. The Bertz CT molecular complexity index is 431. The Balaban J connectivity index is 3.25. The fourth-order valence-electron chi connectivity index (χ4n) is 1.71. The predicted molar refractivity (Wildman–Crippen MR) is 73.0 cm³/mol. The fourth-order valence-corrected chi connectivity index (χ4v) is 1.71. The van der Waals surface area contributed by atoms with Crippen molar-refractivity contribution in [2.24, 2.45) is 0 Å². The zero-order valence-corrected chi connectivity index (χ0v) is 12.2. The third kappa shape index (κ3) is 3.31. The van der Waals surface area contributed by atoms with Gasteiger partial charge in [-0.05, 0) is 25.0 Å². The number of aromatic nitrogens is 1. The van der Waals surface area contributed by atoms with Crippen molar-refractivity contribution in [3.05, 3.63) is 29.1 Å². The summed E-state index contributed by atoms with van der Waals surface area (Å²) in [7, 11) is 0. The minimum Gasteiger partial charge on any atom is -0.462 e. The third-order valence-electron chi connectivity index (χ3n) is 2.74. The van der Waals surface area contributed by atoms with Gasteiger partial charge in [-0.15, -0.1) is 0 Å². The average molecular weight is 249 g/mol. The summed E-state index contributed by atoms with van der Waals surface area (Å²) in [6, 6.07) is 3.75. The van der Waals surface area contributed by atoms with Crippen molar-refractivity contribution in [3.8, 4) is 0 Å². The Labute approximate surface area is 110 Å². The normalized spacial score (nSPS) is 11.7. The van der Waals surface area contributed by atoms with Gasteiger partial charge in [-0.25, -0.2) is 4.79 Å². The molecule has 0 aliphatic heterocycles. The van der Waals surface area contributed by atoms with Gasteiger partial charge in [-0.3, -0.25) is 4.98 Å². The number of carbonyl (C=O) groups excluding carboxylic acids is 1. The Kier molecular flexibility index (Phi) is 4.49. The molecule has 0 aliphatic carbocycles. The van der Waals surface area contributed by atoms with E-state index in [9.17, 15) is 4.79 Å². The molecule has 0 saturated carbocycles. The lowest BCUT2D eigenvalue weighted by Crippen LogP contribution is -2.18. The average Bonchev–Trinajstić information content (AvgIpc) is 2.27. The highest BCUT2D eigenvalue weighted by molar-refractivity contribution is 5.90. The zero-order valence-electron chi connectivity index (χ0n) is 12.2. The van der Waals surface area contributed by atoms with E-state index in [2.05, 4.69) is 25.8 Å². The summed E-state index contributed by atoms with van der Waals surface area (Å²) >= 11 is 0. The van der Waals surface area contributed by atoms with E-state index < -0.39 is 0 Å². The molecule has 1 rings (SSSR count). The van der Waals surface area contributed by atoms with Gasteiger partial charge in [-0.1, -0.05) is 34.6 Å². The molecule has 1 aromatic heterocycles. The first-order chi connectivity index (χ1) is 8.27. The first-order valence-electron chi connectivity index (χ1n) is 6.46. The van der Waals surface area contributed by atoms with E-state index in [0.717, 1.165) is 11.4 Å². The molecule has 3 nitrogen and oxygen atoms in total. The number of ether oxygens (including phenoxy) is 1. The van der Waals surface area contributed by atoms with E-state index in [0.29, 0.717) is 12.2 Å². The Hall–Kier alpha value is -1.38. The van der Waals surface area contributed by atoms with Crippen LogP contribution in [-0.4, -0.2) is 17.6 Å². The molecule has 0 aliphatic rings. The molecule has 3 heteroatoms. The van der Waals surface area contributed by atoms with Crippen LogP contribution in [0.3, 0.4) is 0 Å². The van der Waals surface area contributed by atoms with Crippen LogP contribution in [0.1, 0.15) is 69.2 Å². The highest BCUT2D eigenvalue weighted by atomic mass is 16.5. The van der Waals surface area contributed by atoms with Crippen molar-refractivity contribution in [1.29, 1.82) is 0 Å². The Morgan fingerprint density at radius 1 is 1.33 bits per heavy atom. The number of rotatable bonds is 3. The minimum atomic E-state index is -0.283. The van der Waals surface area contributed by atoms with Crippen molar-refractivity contribution < 1.29 is 9.53 Å². The summed E-state index contributed by atoms with van der Waals surface area (Å²) in [6.07, 6.45) is 0. The molecular weight excluding hydrogens is 226 g/mol. The van der Waals surface area contributed by atoms with Gasteiger partial charge >= 0.3 is 5.97 Å². The van der Waals surface area contributed by atoms with Crippen LogP contribution in [0.4, 0.5) is 0 Å². The number of hydrogen-bond donors (Lipinski definition) is 0. The number of esters is 1. The zero-order chi connectivity index (χ0) is 13.9. The lowest BCUT2D eigenvalue weighted by molar-refractivity contribution is 0.0524. The molecule has 1 aromatic rings. The first kappa shape index (κ1) is 14.7. The second-order valence-electron chi connectivity index (χ2n) is 5.75. The van der Waals surface area contributed by atoms with Crippen LogP contribution in [0.25, 0.3) is 0 Å². The van der Waals surface area contributed by atoms with Crippen LogP contribution < -0.4 is 0 Å². The molecule has 0 unspecified atom stereocenters. The summed E-state index contributed by atoms with van der Waals surface area (Å²) in [4.78, 5) is 16.5. The van der Waals surface area contributed by atoms with Gasteiger partial charge in [0.2, 0.25) is 0 Å². The molecule has 18 heavy (non-hydrogen) atoms. The number of hydrogen-bond acceptors (Lipinski definition) is 3. The third-order valence-corrected chi connectivity index (χ3v) is 2.74. The minimum absolute atomic E-state index is 0.0170. The molecule has 0 saturated heterocycles. The second kappa shape index (κ2) is 5.51. The van der Waals surface area contributed by atoms with Crippen molar-refractivity contribution in [1.82, 2.24) is 4.98 Å². The van der Waals surface area contributed by atoms with Gasteiger partial charge in [0.15, 0.2) is 0 Å². The molecule has 0 N–H and O–H groups in total. The predicted octanol–water partition coefficient (Wildman–Crippen LogP) is 3.68. The summed E-state index contributed by atoms with van der Waals surface area (Å²) in [5.41, 5.74) is 2.39. The van der Waals surface area contributed by atoms with Crippen LogP contribution in [0.15, 0.2) is 12.1 Å². The van der Waals surface area contributed by atoms with Crippen LogP contribution in [-0.2, 0) is 10.2 Å². The van der Waals surface area contributed by atoms with Crippen molar-refractivity contribution in [2.75, 3.05) is 6.61 Å². The molecule has 0 radical (unpaired) electrons. The lowest BCUT2D eigenvalue weighted by atomic mass is 9.90. The highest BCUT2D eigenvalue weighted by Crippen LogP contribution is 2.25. The number of pyridine rings is 1. The maximum Gasteiger partial charge on any atom is 0.339 e. The van der Waals surface area contributed by atoms with Crippen LogP contribution in [0.5, 0.6) is 0 Å². The topological polar surface area (TPSA) is 39.2 Å². The quantitative estimate of drug-likeness (QED) is 0.767. The Morgan fingerprint density at radius 3 is 2.39 bits per heavy atom. The van der Waals surface area contributed by atoms with Crippen molar-refractivity contribution in [3.63, 3.8) is 0 Å². The molecule has 100 valence electrons. The molecular formula is C15H23NO2. The fraction of sp³-hybridized carbons (Fsp3) is 0.600. The van der Waals surface area contributed by atoms with Gasteiger partial charge in [0.1, 0.15) is 0 Å². The maximum absolute atomic E-state index is 11.9. The number of nitrogens with zero attached hydrogens (tertiary/aromatic N) is 1. The van der Waals surface area contributed by atoms with Gasteiger partial charge in [-0.2, -0.15) is 0 Å². The summed E-state index contributed by atoms with van der Waals surface area (Å²) in [5, 5.41) is 0. The van der Waals surface area contributed by atoms with Gasteiger partial charge < -0.3 is 4.74 Å². The van der Waals surface area contributed by atoms with E-state index >= 15 is 0 Å². The monoisotopic (exact) mass is 249 g/mol. The van der Waals surface area contributed by atoms with Crippen LogP contribution >= 0.6 is 0 Å². The lowest BCUT2D eigenvalue weighted by Gasteiger charge is -2.20. The van der Waals surface area contributed by atoms with E-state index in [1.807, 2.05) is 32.9 Å². The SMILES string of the molecule is CCOC(=O)c1ccc(C(C)(C)C)nc1C(C)C. The van der Waals surface area contributed by atoms with Gasteiger partial charge in [0.05, 0.1) is 17.9 Å². The maximum atomic E-state index is 11.9. The molecule has 0 atom stereocenters. The Morgan fingerprint density at radius 2 is 1.94 bits per heavy atom. The molecule has 0 amide bonds. The van der Waals surface area contributed by atoms with Crippen molar-refractivity contribution in [2.45, 2.75) is 52.9 Å². The summed E-state index contributed by atoms with van der Waals surface area (Å²) < 4.78 is 5.07. The molecule has 0 bridgehead atoms. The van der Waals surface area contributed by atoms with Gasteiger partial charge in [0, 0.05) is 11.1 Å². The van der Waals surface area contributed by atoms with Crippen LogP contribution in [0.2, 0.25) is 0 Å². The van der Waals surface area contributed by atoms with Crippen molar-refractivity contribution >= 4 is 5.97 Å². The van der Waals surface area contributed by atoms with Gasteiger partial charge in [0.25, 0.3) is 0 Å². The van der Waals surface area contributed by atoms with E-state index in [1.165, 1.54) is 0 Å². The van der Waals surface area contributed by atoms with E-state index in [1.54, 1.807) is 0 Å². The smallest absolute Gasteiger partial charge is 0.339 e. The molecule has 0 aromatic carbocycles. The van der Waals surface area contributed by atoms with E-state index in [-0.39, 0.29) is 17.3 Å². The first-order valence-corrected chi connectivity index (χ1v) is 6.46. The summed E-state index contributed by atoms with van der Waals surface area (Å²) in [6.45, 7) is 12.6. The molecule has 0 spiro atoms. The molecule has 0 fully saturated rings. The summed E-state index contributed by atoms with van der Waals surface area (Å²) in [5.74, 6) is -0.0825. The second-order valence-corrected chi connectivity index (χ2v) is 5.75. The molecule has 1 heterocycles.